The van der Waals surface area contributed by atoms with Crippen molar-refractivity contribution in [1.82, 2.24) is 9.97 Å². The molecule has 0 spiro atoms. The number of para-hydroxylation sites is 2. The number of methoxy groups -OCH3 is 1. The number of nitrogens with one attached hydrogen (secondary N) is 2. The molecule has 6 N–H and O–H groups in total. The Kier molecular flexibility index (Phi) is 4.93. The first-order valence-electron chi connectivity index (χ1n) is 7.85. The molecule has 0 atom stereocenters. The molecular weight excluding hydrogens is 350 g/mol. The van der Waals surface area contributed by atoms with Crippen LogP contribution in [0.25, 0.3) is 0 Å². The number of aromatic nitrogens is 2. The fourth-order valence-electron chi connectivity index (χ4n) is 2.37. The van der Waals surface area contributed by atoms with E-state index in [2.05, 4.69) is 20.6 Å². The number of anilines is 5. The number of hydrogen-bond acceptors (Lipinski definition) is 8. The average molecular weight is 367 g/mol. The number of hydrogen-bond donors (Lipinski definition) is 5. The number of carboxylic acid groups (broad SMARTS) is 1. The van der Waals surface area contributed by atoms with Crippen LogP contribution in [0, 0.1) is 0 Å². The van der Waals surface area contributed by atoms with Gasteiger partial charge in [0.1, 0.15) is 17.2 Å². The third kappa shape index (κ3) is 3.98. The van der Waals surface area contributed by atoms with Gasteiger partial charge in [0.05, 0.1) is 12.8 Å². The summed E-state index contributed by atoms with van der Waals surface area (Å²) in [5, 5.41) is 24.8. The zero-order valence-corrected chi connectivity index (χ0v) is 14.3. The quantitative estimate of drug-likeness (QED) is 0.444. The molecule has 0 saturated heterocycles. The number of ether oxygens (including phenoxy) is 1. The van der Waals surface area contributed by atoms with E-state index in [1.807, 2.05) is 0 Å². The molecule has 3 aromatic rings. The fraction of sp³-hybridized carbons (Fsp3) is 0.0556. The second-order valence-electron chi connectivity index (χ2n) is 5.46. The number of benzene rings is 2. The molecule has 0 saturated carbocycles. The lowest BCUT2D eigenvalue weighted by atomic mass is 10.2. The zero-order chi connectivity index (χ0) is 19.4. The molecule has 0 aliphatic rings. The monoisotopic (exact) mass is 367 g/mol. The highest BCUT2D eigenvalue weighted by Crippen LogP contribution is 2.31. The number of carbonyl (C=O) groups is 1. The highest BCUT2D eigenvalue weighted by atomic mass is 16.5. The topological polar surface area (TPSA) is 143 Å². The van der Waals surface area contributed by atoms with E-state index in [4.69, 9.17) is 10.5 Å². The van der Waals surface area contributed by atoms with Gasteiger partial charge in [0.15, 0.2) is 11.5 Å². The molecule has 0 bridgehead atoms. The highest BCUT2D eigenvalue weighted by molar-refractivity contribution is 5.95. The lowest BCUT2D eigenvalue weighted by Gasteiger charge is -2.14. The van der Waals surface area contributed by atoms with Gasteiger partial charge in [-0.25, -0.2) is 9.78 Å². The molecular formula is C18H17N5O4. The summed E-state index contributed by atoms with van der Waals surface area (Å²) in [5.41, 5.74) is 6.51. The second kappa shape index (κ2) is 7.48. The number of phenols is 1. The smallest absolute Gasteiger partial charge is 0.356 e. The van der Waals surface area contributed by atoms with Gasteiger partial charge >= 0.3 is 5.97 Å². The van der Waals surface area contributed by atoms with Crippen molar-refractivity contribution in [2.45, 2.75) is 0 Å². The fourth-order valence-corrected chi connectivity index (χ4v) is 2.37. The summed E-state index contributed by atoms with van der Waals surface area (Å²) in [5.74, 6) is -0.604. The summed E-state index contributed by atoms with van der Waals surface area (Å²) in [6.45, 7) is 0. The van der Waals surface area contributed by atoms with Crippen molar-refractivity contribution in [1.29, 1.82) is 0 Å². The van der Waals surface area contributed by atoms with Gasteiger partial charge in [0.25, 0.3) is 0 Å². The molecule has 0 unspecified atom stereocenters. The van der Waals surface area contributed by atoms with Crippen molar-refractivity contribution in [3.8, 4) is 11.5 Å². The average Bonchev–Trinajstić information content (AvgIpc) is 2.64. The van der Waals surface area contributed by atoms with Gasteiger partial charge < -0.3 is 31.3 Å². The van der Waals surface area contributed by atoms with Crippen LogP contribution in [-0.4, -0.2) is 33.3 Å². The molecule has 0 aliphatic heterocycles. The van der Waals surface area contributed by atoms with E-state index >= 15 is 0 Å². The van der Waals surface area contributed by atoms with Crippen LogP contribution in [0.1, 0.15) is 10.5 Å². The molecule has 9 heteroatoms. The van der Waals surface area contributed by atoms with Crippen LogP contribution in [0.4, 0.5) is 28.8 Å². The standard InChI is InChI=1S/C18H17N5O4/c1-27-13-8-3-2-7-12(13)21-16-14(19)15(17(25)26)22-18(23-16)20-10-5-4-6-11(24)9-10/h2-9,24H,19H2,1H3,(H,25,26)(H2,20,21,22,23). The zero-order valence-electron chi connectivity index (χ0n) is 14.3. The largest absolute Gasteiger partial charge is 0.508 e. The molecule has 0 amide bonds. The number of aromatic carboxylic acids is 1. The Bertz CT molecular complexity index is 993. The summed E-state index contributed by atoms with van der Waals surface area (Å²) >= 11 is 0. The third-order valence-corrected chi connectivity index (χ3v) is 3.61. The van der Waals surface area contributed by atoms with Crippen molar-refractivity contribution < 1.29 is 19.7 Å². The van der Waals surface area contributed by atoms with E-state index in [1.54, 1.807) is 36.4 Å². The highest BCUT2D eigenvalue weighted by Gasteiger charge is 2.18. The first-order valence-corrected chi connectivity index (χ1v) is 7.85. The van der Waals surface area contributed by atoms with E-state index < -0.39 is 5.97 Å². The minimum Gasteiger partial charge on any atom is -0.508 e. The normalized spacial score (nSPS) is 10.3. The molecule has 1 heterocycles. The van der Waals surface area contributed by atoms with Gasteiger partial charge in [-0.15, -0.1) is 0 Å². The maximum absolute atomic E-state index is 11.5. The minimum atomic E-state index is -1.29. The maximum Gasteiger partial charge on any atom is 0.356 e. The number of phenolic OH excluding ortho intramolecular Hbond substituents is 1. The molecule has 9 nitrogen and oxygen atoms in total. The number of carboxylic acids is 1. The first-order chi connectivity index (χ1) is 13.0. The molecule has 138 valence electrons. The first kappa shape index (κ1) is 17.8. The van der Waals surface area contributed by atoms with Crippen LogP contribution < -0.4 is 21.1 Å². The predicted molar refractivity (Wildman–Crippen MR) is 101 cm³/mol. The number of aromatic hydroxyl groups is 1. The Morgan fingerprint density at radius 3 is 2.59 bits per heavy atom. The predicted octanol–water partition coefficient (Wildman–Crippen LogP) is 2.96. The number of nitrogens with two attached hydrogens (primary N) is 1. The van der Waals surface area contributed by atoms with Crippen molar-refractivity contribution in [2.24, 2.45) is 0 Å². The molecule has 2 aromatic carbocycles. The molecule has 0 radical (unpaired) electrons. The number of rotatable bonds is 6. The van der Waals surface area contributed by atoms with Gasteiger partial charge in [-0.05, 0) is 24.3 Å². The van der Waals surface area contributed by atoms with Crippen molar-refractivity contribution >= 4 is 34.8 Å². The Labute approximate surface area is 154 Å². The van der Waals surface area contributed by atoms with Gasteiger partial charge in [-0.1, -0.05) is 18.2 Å². The third-order valence-electron chi connectivity index (χ3n) is 3.61. The van der Waals surface area contributed by atoms with Crippen molar-refractivity contribution in [2.75, 3.05) is 23.5 Å². The van der Waals surface area contributed by atoms with Crippen LogP contribution in [0.2, 0.25) is 0 Å². The van der Waals surface area contributed by atoms with E-state index in [0.29, 0.717) is 17.1 Å². The number of nitrogens with zero attached hydrogens (tertiary/aromatic N) is 2. The summed E-state index contributed by atoms with van der Waals surface area (Å²) in [6.07, 6.45) is 0. The summed E-state index contributed by atoms with van der Waals surface area (Å²) in [4.78, 5) is 19.7. The molecule has 1 aromatic heterocycles. The Hall–Kier alpha value is -4.01. The molecule has 0 fully saturated rings. The minimum absolute atomic E-state index is 0.00426. The van der Waals surface area contributed by atoms with Gasteiger partial charge in [0, 0.05) is 11.8 Å². The van der Waals surface area contributed by atoms with Crippen LogP contribution >= 0.6 is 0 Å². The maximum atomic E-state index is 11.5. The lowest BCUT2D eigenvalue weighted by molar-refractivity contribution is 0.0691. The Morgan fingerprint density at radius 2 is 1.89 bits per heavy atom. The molecule has 27 heavy (non-hydrogen) atoms. The van der Waals surface area contributed by atoms with E-state index in [0.717, 1.165) is 0 Å². The SMILES string of the molecule is COc1ccccc1Nc1nc(Nc2cccc(O)c2)nc(C(=O)O)c1N. The van der Waals surface area contributed by atoms with E-state index in [-0.39, 0.29) is 28.9 Å². The van der Waals surface area contributed by atoms with Gasteiger partial charge in [-0.3, -0.25) is 0 Å². The van der Waals surface area contributed by atoms with Crippen LogP contribution in [0.5, 0.6) is 11.5 Å². The summed E-state index contributed by atoms with van der Waals surface area (Å²) in [7, 11) is 1.52. The Balaban J connectivity index is 2.02. The van der Waals surface area contributed by atoms with Gasteiger partial charge in [0.2, 0.25) is 5.95 Å². The summed E-state index contributed by atoms with van der Waals surface area (Å²) < 4.78 is 5.27. The molecule has 3 rings (SSSR count). The van der Waals surface area contributed by atoms with Crippen LogP contribution in [0.3, 0.4) is 0 Å². The summed E-state index contributed by atoms with van der Waals surface area (Å²) in [6, 6.07) is 13.3. The number of nitrogen functional groups attached to an aromatic ring is 1. The Morgan fingerprint density at radius 1 is 1.11 bits per heavy atom. The second-order valence-corrected chi connectivity index (χ2v) is 5.46. The van der Waals surface area contributed by atoms with Crippen molar-refractivity contribution in [3.63, 3.8) is 0 Å². The van der Waals surface area contributed by atoms with Crippen molar-refractivity contribution in [3.05, 3.63) is 54.2 Å². The van der Waals surface area contributed by atoms with Crippen LogP contribution in [-0.2, 0) is 0 Å². The van der Waals surface area contributed by atoms with E-state index in [1.165, 1.54) is 19.2 Å². The van der Waals surface area contributed by atoms with Crippen LogP contribution in [0.15, 0.2) is 48.5 Å². The lowest BCUT2D eigenvalue weighted by Crippen LogP contribution is -2.12. The van der Waals surface area contributed by atoms with E-state index in [9.17, 15) is 15.0 Å². The van der Waals surface area contributed by atoms with Gasteiger partial charge in [-0.2, -0.15) is 4.98 Å². The molecule has 0 aliphatic carbocycles.